The summed E-state index contributed by atoms with van der Waals surface area (Å²) in [6.07, 6.45) is 5.64. The van der Waals surface area contributed by atoms with Crippen molar-refractivity contribution in [2.45, 2.75) is 33.1 Å². The molecule has 0 spiro atoms. The Bertz CT molecular complexity index is 947. The Labute approximate surface area is 148 Å². The van der Waals surface area contributed by atoms with Crippen molar-refractivity contribution in [1.29, 1.82) is 0 Å². The Hall–Kier alpha value is -2.48. The summed E-state index contributed by atoms with van der Waals surface area (Å²) in [5.41, 5.74) is 8.43. The predicted molar refractivity (Wildman–Crippen MR) is 101 cm³/mol. The molecule has 0 saturated heterocycles. The Balaban J connectivity index is 1.62. The molecule has 0 amide bonds. The summed E-state index contributed by atoms with van der Waals surface area (Å²) in [5, 5.41) is 0. The molecule has 2 heteroatoms. The maximum atomic E-state index is 5.64. The maximum absolute atomic E-state index is 5.64. The van der Waals surface area contributed by atoms with Gasteiger partial charge in [-0.3, -0.25) is 0 Å². The van der Waals surface area contributed by atoms with Crippen LogP contribution >= 0.6 is 0 Å². The van der Waals surface area contributed by atoms with Gasteiger partial charge in [0.1, 0.15) is 0 Å². The SMILES string of the molecule is CC1=C(C(C)(C)C2C=Cc3ccccc32)c2cc3c(cc2C1)OCO3. The van der Waals surface area contributed by atoms with Crippen LogP contribution in [0.25, 0.3) is 11.6 Å². The van der Waals surface area contributed by atoms with Gasteiger partial charge in [0.25, 0.3) is 0 Å². The van der Waals surface area contributed by atoms with E-state index in [0.29, 0.717) is 12.7 Å². The molecular formula is C23H22O2. The van der Waals surface area contributed by atoms with E-state index in [-0.39, 0.29) is 5.41 Å². The first-order valence-electron chi connectivity index (χ1n) is 8.96. The Morgan fingerprint density at radius 2 is 1.80 bits per heavy atom. The zero-order valence-electron chi connectivity index (χ0n) is 14.9. The smallest absolute Gasteiger partial charge is 0.231 e. The second-order valence-corrected chi connectivity index (χ2v) is 7.88. The summed E-state index contributed by atoms with van der Waals surface area (Å²) in [4.78, 5) is 0. The summed E-state index contributed by atoms with van der Waals surface area (Å²) in [7, 11) is 0. The molecule has 2 aromatic carbocycles. The first-order valence-corrected chi connectivity index (χ1v) is 8.96. The lowest BCUT2D eigenvalue weighted by Gasteiger charge is -2.35. The average molecular weight is 330 g/mol. The fourth-order valence-electron chi connectivity index (χ4n) is 4.90. The minimum absolute atomic E-state index is 0.0200. The van der Waals surface area contributed by atoms with Crippen molar-refractivity contribution in [2.24, 2.45) is 5.41 Å². The maximum Gasteiger partial charge on any atom is 0.231 e. The van der Waals surface area contributed by atoms with Gasteiger partial charge < -0.3 is 9.47 Å². The standard InChI is InChI=1S/C23H22O2/c1-14-10-16-11-20-21(25-13-24-20)12-18(16)22(14)23(2,3)19-9-8-15-6-4-5-7-17(15)19/h4-9,11-12,19H,10,13H2,1-3H3. The van der Waals surface area contributed by atoms with E-state index in [1.807, 2.05) is 0 Å². The van der Waals surface area contributed by atoms with Crippen molar-refractivity contribution >= 4 is 11.6 Å². The first-order chi connectivity index (χ1) is 12.1. The molecule has 2 nitrogen and oxygen atoms in total. The molecule has 25 heavy (non-hydrogen) atoms. The van der Waals surface area contributed by atoms with Gasteiger partial charge in [-0.2, -0.15) is 0 Å². The minimum Gasteiger partial charge on any atom is -0.454 e. The van der Waals surface area contributed by atoms with Crippen LogP contribution in [0.3, 0.4) is 0 Å². The highest BCUT2D eigenvalue weighted by molar-refractivity contribution is 5.83. The molecule has 126 valence electrons. The molecule has 2 aromatic rings. The highest BCUT2D eigenvalue weighted by Gasteiger charge is 2.40. The number of hydrogen-bond donors (Lipinski definition) is 0. The van der Waals surface area contributed by atoms with Crippen LogP contribution < -0.4 is 9.47 Å². The van der Waals surface area contributed by atoms with E-state index >= 15 is 0 Å². The minimum atomic E-state index is 0.0200. The first kappa shape index (κ1) is 14.8. The van der Waals surface area contributed by atoms with Gasteiger partial charge >= 0.3 is 0 Å². The zero-order chi connectivity index (χ0) is 17.2. The van der Waals surface area contributed by atoms with E-state index in [1.165, 1.54) is 33.4 Å². The molecule has 0 aromatic heterocycles. The van der Waals surface area contributed by atoms with Crippen LogP contribution in [0, 0.1) is 5.41 Å². The Morgan fingerprint density at radius 1 is 1.04 bits per heavy atom. The lowest BCUT2D eigenvalue weighted by molar-refractivity contribution is 0.174. The predicted octanol–water partition coefficient (Wildman–Crippen LogP) is 5.58. The van der Waals surface area contributed by atoms with E-state index < -0.39 is 0 Å². The van der Waals surface area contributed by atoms with E-state index in [2.05, 4.69) is 69.3 Å². The fourth-order valence-corrected chi connectivity index (χ4v) is 4.90. The molecule has 5 rings (SSSR count). The Morgan fingerprint density at radius 3 is 2.64 bits per heavy atom. The van der Waals surface area contributed by atoms with Crippen LogP contribution in [0.1, 0.15) is 48.9 Å². The van der Waals surface area contributed by atoms with Crippen molar-refractivity contribution in [3.8, 4) is 11.5 Å². The highest BCUT2D eigenvalue weighted by atomic mass is 16.7. The number of hydrogen-bond acceptors (Lipinski definition) is 2. The van der Waals surface area contributed by atoms with Gasteiger partial charge in [-0.1, -0.05) is 55.8 Å². The van der Waals surface area contributed by atoms with Gasteiger partial charge in [0, 0.05) is 11.3 Å². The third kappa shape index (κ3) is 2.03. The summed E-state index contributed by atoms with van der Waals surface area (Å²) in [5.74, 6) is 2.16. The van der Waals surface area contributed by atoms with Crippen molar-refractivity contribution in [2.75, 3.05) is 6.79 Å². The molecule has 1 unspecified atom stereocenters. The molecule has 2 aliphatic carbocycles. The molecule has 3 aliphatic rings. The number of ether oxygens (including phenoxy) is 2. The summed E-state index contributed by atoms with van der Waals surface area (Å²) in [6.45, 7) is 7.36. The molecule has 1 atom stereocenters. The number of rotatable bonds is 2. The van der Waals surface area contributed by atoms with Crippen LogP contribution in [-0.2, 0) is 6.42 Å². The van der Waals surface area contributed by atoms with Crippen molar-refractivity contribution in [3.05, 3.63) is 70.3 Å². The van der Waals surface area contributed by atoms with Gasteiger partial charge in [0.2, 0.25) is 6.79 Å². The summed E-state index contributed by atoms with van der Waals surface area (Å²) in [6, 6.07) is 13.1. The van der Waals surface area contributed by atoms with Gasteiger partial charge in [-0.15, -0.1) is 0 Å². The fraction of sp³-hybridized carbons (Fsp3) is 0.304. The monoisotopic (exact) mass is 330 g/mol. The average Bonchev–Trinajstić information content (AvgIpc) is 3.27. The van der Waals surface area contributed by atoms with Crippen LogP contribution in [0.2, 0.25) is 0 Å². The van der Waals surface area contributed by atoms with Crippen molar-refractivity contribution in [3.63, 3.8) is 0 Å². The van der Waals surface area contributed by atoms with E-state index in [1.54, 1.807) is 0 Å². The number of fused-ring (bicyclic) bond motifs is 3. The van der Waals surface area contributed by atoms with E-state index in [4.69, 9.17) is 9.47 Å². The van der Waals surface area contributed by atoms with E-state index in [0.717, 1.165) is 17.9 Å². The lowest BCUT2D eigenvalue weighted by atomic mass is 9.68. The molecular weight excluding hydrogens is 308 g/mol. The molecule has 0 bridgehead atoms. The van der Waals surface area contributed by atoms with Crippen molar-refractivity contribution < 1.29 is 9.47 Å². The van der Waals surface area contributed by atoms with Gasteiger partial charge in [-0.05, 0) is 53.3 Å². The van der Waals surface area contributed by atoms with Gasteiger partial charge in [0.15, 0.2) is 11.5 Å². The number of benzene rings is 2. The van der Waals surface area contributed by atoms with Gasteiger partial charge in [-0.25, -0.2) is 0 Å². The molecule has 0 saturated carbocycles. The third-order valence-electron chi connectivity index (χ3n) is 5.97. The van der Waals surface area contributed by atoms with Crippen LogP contribution in [0.15, 0.2) is 48.0 Å². The molecule has 0 N–H and O–H groups in total. The molecule has 0 fully saturated rings. The third-order valence-corrected chi connectivity index (χ3v) is 5.97. The topological polar surface area (TPSA) is 18.5 Å². The Kier molecular flexibility index (Phi) is 2.97. The van der Waals surface area contributed by atoms with Crippen molar-refractivity contribution in [1.82, 2.24) is 0 Å². The largest absolute Gasteiger partial charge is 0.454 e. The van der Waals surface area contributed by atoms with Gasteiger partial charge in [0.05, 0.1) is 0 Å². The van der Waals surface area contributed by atoms with Crippen LogP contribution in [0.5, 0.6) is 11.5 Å². The quantitative estimate of drug-likeness (QED) is 0.715. The number of allylic oxidation sites excluding steroid dienone is 3. The second-order valence-electron chi connectivity index (χ2n) is 7.88. The molecule has 0 radical (unpaired) electrons. The molecule has 1 heterocycles. The van der Waals surface area contributed by atoms with E-state index in [9.17, 15) is 0 Å². The zero-order valence-corrected chi connectivity index (χ0v) is 14.9. The second kappa shape index (κ2) is 5.01. The summed E-state index contributed by atoms with van der Waals surface area (Å²) < 4.78 is 11.2. The van der Waals surface area contributed by atoms with Crippen LogP contribution in [-0.4, -0.2) is 6.79 Å². The molecule has 1 aliphatic heterocycles. The highest BCUT2D eigenvalue weighted by Crippen LogP contribution is 2.55. The lowest BCUT2D eigenvalue weighted by Crippen LogP contribution is -2.22. The normalized spacial score (nSPS) is 20.2. The van der Waals surface area contributed by atoms with Crippen LogP contribution in [0.4, 0.5) is 0 Å². The summed E-state index contributed by atoms with van der Waals surface area (Å²) >= 11 is 0.